The zero-order valence-corrected chi connectivity index (χ0v) is 27.6. The lowest BCUT2D eigenvalue weighted by atomic mass is 10.4. The van der Waals surface area contributed by atoms with Gasteiger partial charge in [0.25, 0.3) is 0 Å². The van der Waals surface area contributed by atoms with Crippen molar-refractivity contribution in [2.24, 2.45) is 0 Å². The molecule has 0 saturated heterocycles. The molecule has 12 heteroatoms. The summed E-state index contributed by atoms with van der Waals surface area (Å²) in [5.74, 6) is 0. The van der Waals surface area contributed by atoms with Crippen molar-refractivity contribution in [3.8, 4) is 0 Å². The van der Waals surface area contributed by atoms with Crippen molar-refractivity contribution in [3.63, 3.8) is 0 Å². The van der Waals surface area contributed by atoms with E-state index >= 15 is 0 Å². The molecule has 12 nitrogen and oxygen atoms in total. The van der Waals surface area contributed by atoms with E-state index in [1.165, 1.54) is 0 Å². The molecule has 0 aromatic rings. The summed E-state index contributed by atoms with van der Waals surface area (Å²) in [6, 6.07) is 0. The highest BCUT2D eigenvalue weighted by Gasteiger charge is 2.04. The molecule has 0 amide bonds. The van der Waals surface area contributed by atoms with E-state index in [2.05, 4.69) is 0 Å². The van der Waals surface area contributed by atoms with Gasteiger partial charge in [0.1, 0.15) is 12.2 Å². The zero-order valence-electron chi connectivity index (χ0n) is 27.6. The Morgan fingerprint density at radius 3 is 0.718 bits per heavy atom. The van der Waals surface area contributed by atoms with Crippen LogP contribution in [-0.2, 0) is 56.8 Å². The van der Waals surface area contributed by atoms with Crippen molar-refractivity contribution < 1.29 is 56.8 Å². The molecule has 0 aromatic heterocycles. The van der Waals surface area contributed by atoms with E-state index in [0.29, 0.717) is 39.6 Å². The van der Waals surface area contributed by atoms with Gasteiger partial charge >= 0.3 is 0 Å². The van der Waals surface area contributed by atoms with Crippen molar-refractivity contribution >= 4 is 0 Å². The summed E-state index contributed by atoms with van der Waals surface area (Å²) < 4.78 is 58.1. The molecule has 0 spiro atoms. The largest absolute Gasteiger partial charge is 0.385 e. The Balaban J connectivity index is -0.000000124. The standard InChI is InChI=1S/2C6H14O3.3C5H12O2/c2*1-7-4-6(9-3)5-8-2;2*1-5(7-3)4-6-2;1-6-4-3-5-7-2/h2*6H,4-5H2,1-3H3;2*5H,4H2,1-3H3;3-5H2,1-2H3. The first-order valence-corrected chi connectivity index (χ1v) is 12.8. The van der Waals surface area contributed by atoms with Crippen LogP contribution in [0.4, 0.5) is 0 Å². The lowest BCUT2D eigenvalue weighted by Crippen LogP contribution is -2.22. The van der Waals surface area contributed by atoms with Gasteiger partial charge in [0.05, 0.1) is 51.8 Å². The molecule has 2 atom stereocenters. The third-order valence-corrected chi connectivity index (χ3v) is 4.38. The Bertz CT molecular complexity index is 324. The van der Waals surface area contributed by atoms with E-state index in [1.54, 1.807) is 85.3 Å². The van der Waals surface area contributed by atoms with E-state index in [1.807, 2.05) is 13.8 Å². The third kappa shape index (κ3) is 54.3. The fourth-order valence-corrected chi connectivity index (χ4v) is 2.07. The van der Waals surface area contributed by atoms with Crippen LogP contribution in [0.1, 0.15) is 20.3 Å². The number of hydrogen-bond acceptors (Lipinski definition) is 12. The predicted molar refractivity (Wildman–Crippen MR) is 154 cm³/mol. The van der Waals surface area contributed by atoms with Gasteiger partial charge < -0.3 is 56.8 Å². The van der Waals surface area contributed by atoms with E-state index < -0.39 is 0 Å². The minimum Gasteiger partial charge on any atom is -0.385 e. The normalized spacial score (nSPS) is 11.7. The monoisotopic (exact) mass is 580 g/mol. The molecule has 0 saturated carbocycles. The molecule has 0 aliphatic carbocycles. The molecule has 0 radical (unpaired) electrons. The lowest BCUT2D eigenvalue weighted by Gasteiger charge is -2.11. The summed E-state index contributed by atoms with van der Waals surface area (Å²) in [5, 5.41) is 0. The predicted octanol–water partition coefficient (Wildman–Crippen LogP) is 2.59. The molecule has 0 aliphatic heterocycles. The molecule has 0 N–H and O–H groups in total. The van der Waals surface area contributed by atoms with Crippen LogP contribution in [0.5, 0.6) is 0 Å². The lowest BCUT2D eigenvalue weighted by molar-refractivity contribution is -0.0178. The smallest absolute Gasteiger partial charge is 0.104 e. The van der Waals surface area contributed by atoms with Crippen LogP contribution in [0.2, 0.25) is 0 Å². The van der Waals surface area contributed by atoms with Gasteiger partial charge in [-0.15, -0.1) is 0 Å². The highest BCUT2D eigenvalue weighted by molar-refractivity contribution is 4.52. The van der Waals surface area contributed by atoms with Crippen LogP contribution in [0.3, 0.4) is 0 Å². The van der Waals surface area contributed by atoms with Crippen LogP contribution in [-0.4, -0.2) is 163 Å². The van der Waals surface area contributed by atoms with Crippen LogP contribution in [0.15, 0.2) is 0 Å². The molecule has 0 bridgehead atoms. The fourth-order valence-electron chi connectivity index (χ4n) is 2.07. The van der Waals surface area contributed by atoms with Crippen LogP contribution < -0.4 is 0 Å². The maximum atomic E-state index is 4.98. The highest BCUT2D eigenvalue weighted by Crippen LogP contribution is 1.90. The summed E-state index contributed by atoms with van der Waals surface area (Å²) >= 11 is 0. The van der Waals surface area contributed by atoms with Crippen molar-refractivity contribution in [1.29, 1.82) is 0 Å². The van der Waals surface area contributed by atoms with E-state index in [0.717, 1.165) is 19.6 Å². The first kappa shape index (κ1) is 48.3. The topological polar surface area (TPSA) is 111 Å². The first-order valence-electron chi connectivity index (χ1n) is 12.8. The zero-order chi connectivity index (χ0) is 31.2. The number of hydrogen-bond donors (Lipinski definition) is 0. The van der Waals surface area contributed by atoms with Gasteiger partial charge in [0.15, 0.2) is 0 Å². The molecule has 0 heterocycles. The number of ether oxygens (including phenoxy) is 12. The molecular formula is C27H64O12. The minimum absolute atomic E-state index is 0.0694. The summed E-state index contributed by atoms with van der Waals surface area (Å²) in [7, 11) is 19.9. The van der Waals surface area contributed by atoms with Crippen LogP contribution in [0.25, 0.3) is 0 Å². The third-order valence-electron chi connectivity index (χ3n) is 4.38. The molecule has 0 fully saturated rings. The maximum absolute atomic E-state index is 4.98. The van der Waals surface area contributed by atoms with Gasteiger partial charge in [-0.05, 0) is 20.3 Å². The molecule has 39 heavy (non-hydrogen) atoms. The summed E-state index contributed by atoms with van der Waals surface area (Å²) in [5.41, 5.74) is 0. The molecule has 244 valence electrons. The Kier molecular flexibility index (Phi) is 58.6. The Labute approximate surface area is 240 Å². The summed E-state index contributed by atoms with van der Waals surface area (Å²) in [4.78, 5) is 0. The fraction of sp³-hybridized carbons (Fsp3) is 1.00. The summed E-state index contributed by atoms with van der Waals surface area (Å²) in [6.45, 7) is 9.23. The summed E-state index contributed by atoms with van der Waals surface area (Å²) in [6.07, 6.45) is 1.59. The Hall–Kier alpha value is -0.480. The SMILES string of the molecule is COCC(C)OC.COCC(C)OC.COCC(COC)OC.COCC(COC)OC.COCCCOC. The highest BCUT2D eigenvalue weighted by atomic mass is 16.6. The Morgan fingerprint density at radius 1 is 0.333 bits per heavy atom. The first-order chi connectivity index (χ1) is 18.7. The molecule has 2 unspecified atom stereocenters. The van der Waals surface area contributed by atoms with Gasteiger partial charge in [-0.3, -0.25) is 0 Å². The van der Waals surface area contributed by atoms with Crippen molar-refractivity contribution in [3.05, 3.63) is 0 Å². The number of rotatable bonds is 20. The minimum atomic E-state index is 0.0694. The van der Waals surface area contributed by atoms with Gasteiger partial charge in [-0.1, -0.05) is 0 Å². The van der Waals surface area contributed by atoms with E-state index in [9.17, 15) is 0 Å². The molecule has 0 rings (SSSR count). The van der Waals surface area contributed by atoms with Gasteiger partial charge in [0.2, 0.25) is 0 Å². The molecule has 0 aliphatic rings. The second kappa shape index (κ2) is 47.3. The maximum Gasteiger partial charge on any atom is 0.104 e. The van der Waals surface area contributed by atoms with Gasteiger partial charge in [-0.2, -0.15) is 0 Å². The average Bonchev–Trinajstić information content (AvgIpc) is 2.94. The second-order valence-electron chi connectivity index (χ2n) is 7.88. The molecule has 0 aromatic carbocycles. The van der Waals surface area contributed by atoms with E-state index in [4.69, 9.17) is 56.8 Å². The van der Waals surface area contributed by atoms with Gasteiger partial charge in [0, 0.05) is 98.5 Å². The average molecular weight is 581 g/mol. The van der Waals surface area contributed by atoms with Crippen molar-refractivity contribution in [2.45, 2.75) is 44.7 Å². The van der Waals surface area contributed by atoms with Crippen molar-refractivity contribution in [2.75, 3.05) is 138 Å². The van der Waals surface area contributed by atoms with E-state index in [-0.39, 0.29) is 24.4 Å². The number of methoxy groups -OCH3 is 12. The van der Waals surface area contributed by atoms with Crippen LogP contribution in [0, 0.1) is 0 Å². The van der Waals surface area contributed by atoms with Crippen molar-refractivity contribution in [1.82, 2.24) is 0 Å². The van der Waals surface area contributed by atoms with Gasteiger partial charge in [-0.25, -0.2) is 0 Å². The molecular weight excluding hydrogens is 516 g/mol. The quantitative estimate of drug-likeness (QED) is 0.197. The van der Waals surface area contributed by atoms with Crippen LogP contribution >= 0.6 is 0 Å². The Morgan fingerprint density at radius 2 is 0.590 bits per heavy atom. The second-order valence-corrected chi connectivity index (χ2v) is 7.88.